The number of piperazine rings is 1. The molecule has 12 heteroatoms. The minimum absolute atomic E-state index is 0.0442. The first-order valence-corrected chi connectivity index (χ1v) is 16.5. The summed E-state index contributed by atoms with van der Waals surface area (Å²) in [5, 5.41) is 6.54. The summed E-state index contributed by atoms with van der Waals surface area (Å²) in [6.07, 6.45) is 1.15. The van der Waals surface area contributed by atoms with Gasteiger partial charge < -0.3 is 15.5 Å². The second-order valence-electron chi connectivity index (χ2n) is 11.4. The lowest BCUT2D eigenvalue weighted by Gasteiger charge is -2.40. The maximum Gasteiger partial charge on any atom is 0.225 e. The van der Waals surface area contributed by atoms with Gasteiger partial charge in [-0.05, 0) is 63.4 Å². The van der Waals surface area contributed by atoms with Gasteiger partial charge in [-0.1, -0.05) is 41.6 Å². The topological polar surface area (TPSA) is 108 Å². The Morgan fingerprint density at radius 3 is 2.49 bits per heavy atom. The number of anilines is 3. The summed E-state index contributed by atoms with van der Waals surface area (Å²) in [4.78, 5) is 26.7. The quantitative estimate of drug-likeness (QED) is 0.247. The Balaban J connectivity index is 1.48. The number of sulfone groups is 1. The lowest BCUT2D eigenvalue weighted by molar-refractivity contribution is -0.115. The van der Waals surface area contributed by atoms with Crippen molar-refractivity contribution >= 4 is 55.4 Å². The van der Waals surface area contributed by atoms with Gasteiger partial charge in [-0.15, -0.1) is 0 Å². The molecule has 2 N–H and O–H groups in total. The van der Waals surface area contributed by atoms with Gasteiger partial charge in [0.05, 0.1) is 38.0 Å². The van der Waals surface area contributed by atoms with E-state index in [2.05, 4.69) is 63.1 Å². The van der Waals surface area contributed by atoms with Gasteiger partial charge in [0.1, 0.15) is 18.0 Å². The zero-order valence-corrected chi connectivity index (χ0v) is 26.8. The van der Waals surface area contributed by atoms with Gasteiger partial charge in [-0.2, -0.15) is 0 Å². The smallest absolute Gasteiger partial charge is 0.225 e. The van der Waals surface area contributed by atoms with E-state index in [0.29, 0.717) is 33.7 Å². The number of nitrogens with zero attached hydrogens (tertiary/aromatic N) is 4. The average Bonchev–Trinajstić information content (AvgIpc) is 3.02. The van der Waals surface area contributed by atoms with Gasteiger partial charge in [0.15, 0.2) is 9.84 Å². The lowest BCUT2D eigenvalue weighted by atomic mass is 10.0. The summed E-state index contributed by atoms with van der Waals surface area (Å²) in [7, 11) is -1.55. The number of aromatic nitrogens is 2. The SMILES string of the molecule is CN1CCN(C(C)(C)C#Cc2cc3ncnc(Nc4ccc(F)c(Cl)c4)c3cc2NC(=O)CCS(=O)(=O)c2ccccc2)CC1. The largest absolute Gasteiger partial charge is 0.340 e. The molecule has 1 aromatic heterocycles. The Morgan fingerprint density at radius 2 is 1.78 bits per heavy atom. The molecule has 9 nitrogen and oxygen atoms in total. The van der Waals surface area contributed by atoms with Gasteiger partial charge in [-0.25, -0.2) is 22.8 Å². The van der Waals surface area contributed by atoms with Gasteiger partial charge in [0.25, 0.3) is 0 Å². The standard InChI is InChI=1S/C33H34ClFN6O3S/c1-33(2,41-16-14-40(3)15-17-41)13-11-23-19-30-26(32(37-22-36-30)38-24-9-10-28(35)27(34)20-24)21-29(23)39-31(42)12-18-45(43,44)25-7-5-4-6-8-25/h4-10,19-22H,12,14-18H2,1-3H3,(H,39,42)(H,36,37,38). The summed E-state index contributed by atoms with van der Waals surface area (Å²) in [5.74, 6) is 5.67. The van der Waals surface area contributed by atoms with Crippen molar-refractivity contribution in [2.45, 2.75) is 30.7 Å². The van der Waals surface area contributed by atoms with Crippen LogP contribution < -0.4 is 10.6 Å². The average molecular weight is 649 g/mol. The van der Waals surface area contributed by atoms with E-state index in [-0.39, 0.29) is 22.1 Å². The van der Waals surface area contributed by atoms with E-state index < -0.39 is 27.1 Å². The maximum atomic E-state index is 13.8. The Kier molecular flexibility index (Phi) is 9.70. The highest BCUT2D eigenvalue weighted by atomic mass is 35.5. The number of carbonyl (C=O) groups excluding carboxylic acids is 1. The maximum absolute atomic E-state index is 13.8. The zero-order chi connectivity index (χ0) is 32.2. The van der Waals surface area contributed by atoms with Crippen molar-refractivity contribution in [3.8, 4) is 11.8 Å². The van der Waals surface area contributed by atoms with Crippen LogP contribution in [0.2, 0.25) is 5.02 Å². The Bertz CT molecular complexity index is 1890. The van der Waals surface area contributed by atoms with Crippen LogP contribution in [0.1, 0.15) is 25.8 Å². The van der Waals surface area contributed by atoms with Crippen LogP contribution in [0, 0.1) is 17.7 Å². The van der Waals surface area contributed by atoms with Crippen molar-refractivity contribution in [1.29, 1.82) is 0 Å². The van der Waals surface area contributed by atoms with Crippen LogP contribution in [0.5, 0.6) is 0 Å². The van der Waals surface area contributed by atoms with Crippen molar-refractivity contribution in [3.63, 3.8) is 0 Å². The van der Waals surface area contributed by atoms with Crippen LogP contribution in [-0.4, -0.2) is 78.6 Å². The molecule has 3 aromatic carbocycles. The molecule has 0 radical (unpaired) electrons. The highest BCUT2D eigenvalue weighted by Crippen LogP contribution is 2.30. The highest BCUT2D eigenvalue weighted by Gasteiger charge is 2.27. The minimum atomic E-state index is -3.65. The normalized spacial score (nSPS) is 14.5. The summed E-state index contributed by atoms with van der Waals surface area (Å²) < 4.78 is 39.4. The first-order chi connectivity index (χ1) is 21.4. The monoisotopic (exact) mass is 648 g/mol. The molecule has 4 aromatic rings. The molecule has 0 bridgehead atoms. The Labute approximate surface area is 267 Å². The molecular formula is C33H34ClFN6O3S. The molecule has 234 valence electrons. The molecule has 1 fully saturated rings. The van der Waals surface area contributed by atoms with Gasteiger partial charge in [-0.3, -0.25) is 9.69 Å². The molecule has 0 unspecified atom stereocenters. The third kappa shape index (κ3) is 7.96. The zero-order valence-electron chi connectivity index (χ0n) is 25.3. The lowest BCUT2D eigenvalue weighted by Crippen LogP contribution is -2.53. The van der Waals surface area contributed by atoms with E-state index in [1.165, 1.54) is 36.7 Å². The first kappa shape index (κ1) is 32.3. The second-order valence-corrected chi connectivity index (χ2v) is 13.9. The number of fused-ring (bicyclic) bond motifs is 1. The molecule has 0 saturated carbocycles. The number of nitrogens with one attached hydrogen (secondary N) is 2. The van der Waals surface area contributed by atoms with Crippen LogP contribution in [0.25, 0.3) is 10.9 Å². The van der Waals surface area contributed by atoms with E-state index in [9.17, 15) is 17.6 Å². The minimum Gasteiger partial charge on any atom is -0.340 e. The summed E-state index contributed by atoms with van der Waals surface area (Å²) in [5.41, 5.74) is 1.55. The number of rotatable bonds is 8. The number of carbonyl (C=O) groups is 1. The number of hydrogen-bond donors (Lipinski definition) is 2. The van der Waals surface area contributed by atoms with E-state index in [0.717, 1.165) is 26.2 Å². The summed E-state index contributed by atoms with van der Waals surface area (Å²) in [6.45, 7) is 7.78. The summed E-state index contributed by atoms with van der Waals surface area (Å²) in [6, 6.07) is 15.7. The van der Waals surface area contributed by atoms with Crippen molar-refractivity contribution in [2.75, 3.05) is 49.6 Å². The van der Waals surface area contributed by atoms with Gasteiger partial charge in [0.2, 0.25) is 5.91 Å². The van der Waals surface area contributed by atoms with Crippen LogP contribution >= 0.6 is 11.6 Å². The molecule has 1 aliphatic rings. The molecule has 1 saturated heterocycles. The third-order valence-corrected chi connectivity index (χ3v) is 9.75. The molecule has 0 atom stereocenters. The van der Waals surface area contributed by atoms with Crippen molar-refractivity contribution in [3.05, 3.63) is 83.4 Å². The van der Waals surface area contributed by atoms with E-state index in [4.69, 9.17) is 11.6 Å². The van der Waals surface area contributed by atoms with Crippen LogP contribution in [0.3, 0.4) is 0 Å². The van der Waals surface area contributed by atoms with Crippen molar-refractivity contribution in [1.82, 2.24) is 19.8 Å². The number of amides is 1. The Morgan fingerprint density at radius 1 is 1.04 bits per heavy atom. The number of likely N-dealkylation sites (N-methyl/N-ethyl adjacent to an activating group) is 1. The molecule has 5 rings (SSSR count). The number of hydrogen-bond acceptors (Lipinski definition) is 8. The van der Waals surface area contributed by atoms with Crippen LogP contribution in [-0.2, 0) is 14.6 Å². The fraction of sp³-hybridized carbons (Fsp3) is 0.303. The fourth-order valence-electron chi connectivity index (χ4n) is 4.97. The predicted molar refractivity (Wildman–Crippen MR) is 176 cm³/mol. The van der Waals surface area contributed by atoms with Crippen molar-refractivity contribution < 1.29 is 17.6 Å². The molecule has 1 aliphatic heterocycles. The molecule has 0 aliphatic carbocycles. The van der Waals surface area contributed by atoms with Crippen LogP contribution in [0.15, 0.2) is 71.9 Å². The van der Waals surface area contributed by atoms with E-state index >= 15 is 0 Å². The summed E-state index contributed by atoms with van der Waals surface area (Å²) >= 11 is 5.98. The van der Waals surface area contributed by atoms with E-state index in [1.54, 1.807) is 30.3 Å². The third-order valence-electron chi connectivity index (χ3n) is 7.73. The van der Waals surface area contributed by atoms with Crippen molar-refractivity contribution in [2.24, 2.45) is 0 Å². The number of halogens is 2. The first-order valence-electron chi connectivity index (χ1n) is 14.5. The van der Waals surface area contributed by atoms with Gasteiger partial charge >= 0.3 is 0 Å². The molecule has 45 heavy (non-hydrogen) atoms. The molecule has 1 amide bonds. The van der Waals surface area contributed by atoms with Gasteiger partial charge in [0, 0.05) is 43.7 Å². The second kappa shape index (κ2) is 13.5. The molecular weight excluding hydrogens is 615 g/mol. The van der Waals surface area contributed by atoms with Crippen LogP contribution in [0.4, 0.5) is 21.6 Å². The Hall–Kier alpha value is -4.08. The fourth-order valence-corrected chi connectivity index (χ4v) is 6.41. The van der Waals surface area contributed by atoms with E-state index in [1.807, 2.05) is 0 Å². The molecule has 2 heterocycles. The predicted octanol–water partition coefficient (Wildman–Crippen LogP) is 5.35. The molecule has 0 spiro atoms. The highest BCUT2D eigenvalue weighted by molar-refractivity contribution is 7.91. The number of benzene rings is 3.